The topological polar surface area (TPSA) is 12.4 Å². The lowest BCUT2D eigenvalue weighted by atomic mass is 10.0. The molecule has 0 saturated carbocycles. The van der Waals surface area contributed by atoms with E-state index in [0.717, 1.165) is 12.8 Å². The van der Waals surface area contributed by atoms with E-state index in [1.165, 1.54) is 5.57 Å². The second-order valence-electron chi connectivity index (χ2n) is 3.40. The zero-order valence-electron chi connectivity index (χ0n) is 9.25. The summed E-state index contributed by atoms with van der Waals surface area (Å²) in [6, 6.07) is 0. The van der Waals surface area contributed by atoms with Crippen LogP contribution in [0.15, 0.2) is 28.9 Å². The van der Waals surface area contributed by atoms with E-state index in [0.29, 0.717) is 5.92 Å². The summed E-state index contributed by atoms with van der Waals surface area (Å²) in [6.45, 7) is 8.55. The summed E-state index contributed by atoms with van der Waals surface area (Å²) in [5.74, 6) is 0.551. The van der Waals surface area contributed by atoms with Gasteiger partial charge in [0.25, 0.3) is 0 Å². The highest BCUT2D eigenvalue weighted by Crippen LogP contribution is 2.10. The summed E-state index contributed by atoms with van der Waals surface area (Å²) in [5, 5.41) is 0. The molecule has 13 heavy (non-hydrogen) atoms. The Morgan fingerprint density at radius 2 is 2.08 bits per heavy atom. The SMILES string of the molecule is C\C=C/C(=C\N=C/CCC)C(C)C. The highest BCUT2D eigenvalue weighted by atomic mass is 14.7. The van der Waals surface area contributed by atoms with Crippen LogP contribution < -0.4 is 0 Å². The molecular weight excluding hydrogens is 158 g/mol. The predicted octanol–water partition coefficient (Wildman–Crippen LogP) is 3.97. The third-order valence-corrected chi connectivity index (χ3v) is 1.77. The van der Waals surface area contributed by atoms with Crippen molar-refractivity contribution in [3.8, 4) is 0 Å². The van der Waals surface area contributed by atoms with Crippen LogP contribution in [0.25, 0.3) is 0 Å². The van der Waals surface area contributed by atoms with Crippen LogP contribution in [0, 0.1) is 5.92 Å². The molecule has 0 unspecified atom stereocenters. The molecule has 0 aromatic rings. The molecular formula is C12H21N. The standard InChI is InChI=1S/C12H21N/c1-5-7-9-13-10-12(8-6-2)11(3)4/h6,8-11H,5,7H2,1-4H3/b8-6-,12-10+,13-9-. The number of nitrogens with zero attached hydrogens (tertiary/aromatic N) is 1. The van der Waals surface area contributed by atoms with E-state index >= 15 is 0 Å². The maximum Gasteiger partial charge on any atom is 0.0298 e. The van der Waals surface area contributed by atoms with Gasteiger partial charge in [0, 0.05) is 12.4 Å². The molecule has 0 radical (unpaired) electrons. The van der Waals surface area contributed by atoms with E-state index in [9.17, 15) is 0 Å². The van der Waals surface area contributed by atoms with Gasteiger partial charge >= 0.3 is 0 Å². The molecule has 0 aromatic carbocycles. The van der Waals surface area contributed by atoms with Crippen LogP contribution in [0.2, 0.25) is 0 Å². The average Bonchev–Trinajstić information content (AvgIpc) is 2.10. The Labute approximate surface area is 82.3 Å². The van der Waals surface area contributed by atoms with Gasteiger partial charge in [0.05, 0.1) is 0 Å². The van der Waals surface area contributed by atoms with Crippen molar-refractivity contribution in [1.29, 1.82) is 0 Å². The van der Waals surface area contributed by atoms with E-state index in [2.05, 4.69) is 37.9 Å². The highest BCUT2D eigenvalue weighted by Gasteiger charge is 1.96. The second kappa shape index (κ2) is 7.78. The molecule has 0 aliphatic carbocycles. The monoisotopic (exact) mass is 179 g/mol. The van der Waals surface area contributed by atoms with Crippen LogP contribution in [-0.4, -0.2) is 6.21 Å². The molecule has 1 heteroatoms. The first-order chi connectivity index (χ1) is 6.22. The summed E-state index contributed by atoms with van der Waals surface area (Å²) in [4.78, 5) is 4.26. The first-order valence-corrected chi connectivity index (χ1v) is 5.06. The fourth-order valence-corrected chi connectivity index (χ4v) is 0.919. The maximum atomic E-state index is 4.26. The molecule has 0 aliphatic rings. The van der Waals surface area contributed by atoms with E-state index in [4.69, 9.17) is 0 Å². The van der Waals surface area contributed by atoms with Crippen molar-refractivity contribution in [1.82, 2.24) is 0 Å². The molecule has 0 heterocycles. The molecule has 0 aliphatic heterocycles. The van der Waals surface area contributed by atoms with Gasteiger partial charge in [0.2, 0.25) is 0 Å². The fraction of sp³-hybridized carbons (Fsp3) is 0.583. The predicted molar refractivity (Wildman–Crippen MR) is 61.1 cm³/mol. The third kappa shape index (κ3) is 6.32. The van der Waals surface area contributed by atoms with Gasteiger partial charge in [-0.1, -0.05) is 39.3 Å². The van der Waals surface area contributed by atoms with Gasteiger partial charge < -0.3 is 0 Å². The Hall–Kier alpha value is -0.850. The number of hydrogen-bond donors (Lipinski definition) is 0. The first-order valence-electron chi connectivity index (χ1n) is 5.06. The summed E-state index contributed by atoms with van der Waals surface area (Å²) < 4.78 is 0. The van der Waals surface area contributed by atoms with Gasteiger partial charge in [-0.15, -0.1) is 0 Å². The molecule has 0 amide bonds. The third-order valence-electron chi connectivity index (χ3n) is 1.77. The quantitative estimate of drug-likeness (QED) is 0.447. The largest absolute Gasteiger partial charge is 0.269 e. The van der Waals surface area contributed by atoms with Crippen LogP contribution in [0.5, 0.6) is 0 Å². The van der Waals surface area contributed by atoms with E-state index in [-0.39, 0.29) is 0 Å². The number of rotatable bonds is 5. The second-order valence-corrected chi connectivity index (χ2v) is 3.40. The van der Waals surface area contributed by atoms with Gasteiger partial charge in [0.1, 0.15) is 0 Å². The molecule has 0 bridgehead atoms. The normalized spacial score (nSPS) is 13.8. The number of allylic oxidation sites excluding steroid dienone is 3. The smallest absolute Gasteiger partial charge is 0.0298 e. The average molecular weight is 179 g/mol. The lowest BCUT2D eigenvalue weighted by Gasteiger charge is -2.03. The minimum absolute atomic E-state index is 0.551. The summed E-state index contributed by atoms with van der Waals surface area (Å²) in [5.41, 5.74) is 1.29. The lowest BCUT2D eigenvalue weighted by Crippen LogP contribution is -1.89. The van der Waals surface area contributed by atoms with Gasteiger partial charge in [-0.2, -0.15) is 0 Å². The molecule has 0 rings (SSSR count). The van der Waals surface area contributed by atoms with Crippen molar-refractivity contribution in [3.05, 3.63) is 23.9 Å². The van der Waals surface area contributed by atoms with Crippen molar-refractivity contribution >= 4 is 6.21 Å². The number of aliphatic imine (C=N–C) groups is 1. The van der Waals surface area contributed by atoms with E-state index < -0.39 is 0 Å². The maximum absolute atomic E-state index is 4.26. The van der Waals surface area contributed by atoms with Gasteiger partial charge in [-0.3, -0.25) is 4.99 Å². The minimum atomic E-state index is 0.551. The summed E-state index contributed by atoms with van der Waals surface area (Å²) in [7, 11) is 0. The van der Waals surface area contributed by atoms with E-state index in [1.807, 2.05) is 19.3 Å². The summed E-state index contributed by atoms with van der Waals surface area (Å²) >= 11 is 0. The van der Waals surface area contributed by atoms with Crippen LogP contribution in [0.4, 0.5) is 0 Å². The van der Waals surface area contributed by atoms with Crippen LogP contribution in [0.1, 0.15) is 40.5 Å². The minimum Gasteiger partial charge on any atom is -0.269 e. The molecule has 0 atom stereocenters. The van der Waals surface area contributed by atoms with Gasteiger partial charge in [0.15, 0.2) is 0 Å². The van der Waals surface area contributed by atoms with E-state index in [1.54, 1.807) is 0 Å². The number of hydrogen-bond acceptors (Lipinski definition) is 1. The van der Waals surface area contributed by atoms with Crippen molar-refractivity contribution in [2.24, 2.45) is 10.9 Å². The Morgan fingerprint density at radius 1 is 1.38 bits per heavy atom. The Balaban J connectivity index is 4.19. The molecule has 0 N–H and O–H groups in total. The molecule has 1 nitrogen and oxygen atoms in total. The molecule has 74 valence electrons. The van der Waals surface area contributed by atoms with Crippen LogP contribution >= 0.6 is 0 Å². The molecule has 0 saturated heterocycles. The Morgan fingerprint density at radius 3 is 2.54 bits per heavy atom. The zero-order chi connectivity index (χ0) is 10.1. The Bertz CT molecular complexity index is 197. The fourth-order valence-electron chi connectivity index (χ4n) is 0.919. The van der Waals surface area contributed by atoms with Gasteiger partial charge in [-0.25, -0.2) is 0 Å². The van der Waals surface area contributed by atoms with Gasteiger partial charge in [-0.05, 0) is 24.8 Å². The molecule has 0 aromatic heterocycles. The Kier molecular flexibility index (Phi) is 7.27. The van der Waals surface area contributed by atoms with Crippen molar-refractivity contribution in [2.75, 3.05) is 0 Å². The lowest BCUT2D eigenvalue weighted by molar-refractivity contribution is 0.788. The van der Waals surface area contributed by atoms with Crippen LogP contribution in [0.3, 0.4) is 0 Å². The number of unbranched alkanes of at least 4 members (excludes halogenated alkanes) is 1. The first kappa shape index (κ1) is 12.2. The molecule has 0 fully saturated rings. The zero-order valence-corrected chi connectivity index (χ0v) is 9.25. The van der Waals surface area contributed by atoms with Crippen LogP contribution in [-0.2, 0) is 0 Å². The highest BCUT2D eigenvalue weighted by molar-refractivity contribution is 5.58. The van der Waals surface area contributed by atoms with Crippen molar-refractivity contribution in [2.45, 2.75) is 40.5 Å². The van der Waals surface area contributed by atoms with Crippen molar-refractivity contribution < 1.29 is 0 Å². The summed E-state index contributed by atoms with van der Waals surface area (Å²) in [6.07, 6.45) is 10.3. The molecule has 0 spiro atoms. The van der Waals surface area contributed by atoms with Crippen molar-refractivity contribution in [3.63, 3.8) is 0 Å².